The highest BCUT2D eigenvalue weighted by Gasteiger charge is 2.13. The van der Waals surface area contributed by atoms with Gasteiger partial charge in [-0.25, -0.2) is 9.97 Å². The van der Waals surface area contributed by atoms with Crippen molar-refractivity contribution in [2.24, 2.45) is 0 Å². The molecular weight excluding hydrogens is 550 g/mol. The van der Waals surface area contributed by atoms with E-state index in [4.69, 9.17) is 9.97 Å². The number of imidazole rings is 2. The predicted octanol–water partition coefficient (Wildman–Crippen LogP) is 5.82. The van der Waals surface area contributed by atoms with Crippen LogP contribution >= 0.6 is 0 Å². The molecule has 0 radical (unpaired) electrons. The molecule has 0 aliphatic heterocycles. The number of likely N-dealkylation sites (N-methyl/N-ethyl adjacent to an activating group) is 1. The minimum atomic E-state index is -0.0844. The van der Waals surface area contributed by atoms with E-state index in [2.05, 4.69) is 39.6 Å². The summed E-state index contributed by atoms with van der Waals surface area (Å²) in [5.41, 5.74) is 8.81. The number of H-pyrrole nitrogens is 2. The van der Waals surface area contributed by atoms with Gasteiger partial charge in [0.15, 0.2) is 0 Å². The molecule has 0 saturated heterocycles. The van der Waals surface area contributed by atoms with Crippen molar-refractivity contribution in [3.8, 4) is 33.9 Å². The summed E-state index contributed by atoms with van der Waals surface area (Å²) in [6.45, 7) is 4.00. The van der Waals surface area contributed by atoms with Crippen LogP contribution in [0.4, 0.5) is 0 Å². The van der Waals surface area contributed by atoms with Crippen LogP contribution < -0.4 is 5.32 Å². The fourth-order valence-electron chi connectivity index (χ4n) is 5.06. The lowest BCUT2D eigenvalue weighted by Crippen LogP contribution is -2.31. The smallest absolute Gasteiger partial charge is 0.253 e. The van der Waals surface area contributed by atoms with Crippen molar-refractivity contribution in [2.45, 2.75) is 6.92 Å². The number of hydrogen-bond donors (Lipinski definition) is 3. The summed E-state index contributed by atoms with van der Waals surface area (Å²) in [6, 6.07) is 27.4. The van der Waals surface area contributed by atoms with Gasteiger partial charge in [0, 0.05) is 48.9 Å². The molecule has 3 N–H and O–H groups in total. The van der Waals surface area contributed by atoms with Crippen molar-refractivity contribution in [2.75, 3.05) is 40.8 Å². The van der Waals surface area contributed by atoms with Gasteiger partial charge in [0.2, 0.25) is 0 Å². The number of rotatable bonds is 9. The molecule has 4 aromatic carbocycles. The lowest BCUT2D eigenvalue weighted by atomic mass is 10.0. The predicted molar refractivity (Wildman–Crippen MR) is 176 cm³/mol. The molecule has 0 aliphatic rings. The molecule has 0 spiro atoms. The number of nitrogens with zero attached hydrogens (tertiary/aromatic N) is 4. The van der Waals surface area contributed by atoms with Crippen LogP contribution in [0, 0.1) is 0 Å². The Morgan fingerprint density at radius 3 is 1.64 bits per heavy atom. The molecule has 0 bridgehead atoms. The molecule has 9 nitrogen and oxygen atoms in total. The van der Waals surface area contributed by atoms with Gasteiger partial charge < -0.3 is 25.1 Å². The van der Waals surface area contributed by atoms with Crippen LogP contribution in [0.15, 0.2) is 84.9 Å². The topological polar surface area (TPSA) is 110 Å². The molecule has 6 aromatic rings. The van der Waals surface area contributed by atoms with Crippen molar-refractivity contribution < 1.29 is 9.59 Å². The zero-order valence-electron chi connectivity index (χ0n) is 25.3. The van der Waals surface area contributed by atoms with E-state index in [-0.39, 0.29) is 11.8 Å². The quantitative estimate of drug-likeness (QED) is 0.198. The van der Waals surface area contributed by atoms with Gasteiger partial charge in [-0.2, -0.15) is 0 Å². The average Bonchev–Trinajstić information content (AvgIpc) is 3.68. The van der Waals surface area contributed by atoms with E-state index < -0.39 is 0 Å². The Morgan fingerprint density at radius 1 is 0.682 bits per heavy atom. The van der Waals surface area contributed by atoms with Gasteiger partial charge in [-0.3, -0.25) is 9.59 Å². The number of amides is 2. The normalized spacial score (nSPS) is 11.4. The van der Waals surface area contributed by atoms with Crippen LogP contribution in [0.1, 0.15) is 27.6 Å². The Morgan fingerprint density at radius 2 is 1.16 bits per heavy atom. The number of carbonyl (C=O) groups excluding carboxylic acids is 2. The summed E-state index contributed by atoms with van der Waals surface area (Å²) >= 11 is 0. The maximum Gasteiger partial charge on any atom is 0.253 e. The molecule has 2 heterocycles. The Bertz CT molecular complexity index is 1950. The Kier molecular flexibility index (Phi) is 7.95. The van der Waals surface area contributed by atoms with E-state index in [1.54, 1.807) is 11.9 Å². The first-order valence-electron chi connectivity index (χ1n) is 14.7. The van der Waals surface area contributed by atoms with Gasteiger partial charge in [0.05, 0.1) is 22.1 Å². The number of aromatic amines is 2. The standard InChI is InChI=1S/C35H35N7O2/c1-5-42(4)35(44)25-12-8-23(9-13-25)33-38-29-17-15-27(21-31(29)40-33)26-14-16-28-30(20-26)39-32(37-28)22-6-10-24(11-7-22)34(43)36-18-19-41(2)3/h6-17,20-21H,5,18-19H2,1-4H3,(H,36,43)(H,37,39)(H,38,40). The Labute approximate surface area is 256 Å². The first-order chi connectivity index (χ1) is 21.3. The molecule has 2 amide bonds. The third kappa shape index (κ3) is 5.95. The zero-order valence-corrected chi connectivity index (χ0v) is 25.3. The minimum Gasteiger partial charge on any atom is -0.351 e. The lowest BCUT2D eigenvalue weighted by Gasteiger charge is -2.14. The van der Waals surface area contributed by atoms with E-state index in [0.717, 1.165) is 62.5 Å². The first-order valence-corrected chi connectivity index (χ1v) is 14.7. The fraction of sp³-hybridized carbons (Fsp3) is 0.200. The van der Waals surface area contributed by atoms with E-state index in [9.17, 15) is 9.59 Å². The molecule has 6 rings (SSSR count). The SMILES string of the molecule is CCN(C)C(=O)c1ccc(-c2nc3ccc(-c4ccc5nc(-c6ccc(C(=O)NCCN(C)C)cc6)[nH]c5c4)cc3[nH]2)cc1. The summed E-state index contributed by atoms with van der Waals surface area (Å²) in [4.78, 5) is 45.0. The van der Waals surface area contributed by atoms with Gasteiger partial charge in [0.25, 0.3) is 11.8 Å². The van der Waals surface area contributed by atoms with E-state index in [0.29, 0.717) is 24.2 Å². The van der Waals surface area contributed by atoms with Crippen LogP contribution in [0.25, 0.3) is 56.0 Å². The molecule has 2 aromatic heterocycles. The highest BCUT2D eigenvalue weighted by molar-refractivity contribution is 5.95. The molecular formula is C35H35N7O2. The summed E-state index contributed by atoms with van der Waals surface area (Å²) in [5, 5.41) is 2.94. The molecule has 222 valence electrons. The molecule has 0 fully saturated rings. The van der Waals surface area contributed by atoms with Crippen molar-refractivity contribution in [1.29, 1.82) is 0 Å². The van der Waals surface area contributed by atoms with Crippen molar-refractivity contribution in [1.82, 2.24) is 35.1 Å². The van der Waals surface area contributed by atoms with Gasteiger partial charge in [-0.05, 0) is 80.7 Å². The Hall–Kier alpha value is -5.28. The molecule has 0 unspecified atom stereocenters. The maximum absolute atomic E-state index is 12.5. The van der Waals surface area contributed by atoms with E-state index in [1.807, 2.05) is 86.6 Å². The van der Waals surface area contributed by atoms with Crippen LogP contribution in [0.2, 0.25) is 0 Å². The van der Waals surface area contributed by atoms with Crippen molar-refractivity contribution >= 4 is 33.9 Å². The zero-order chi connectivity index (χ0) is 30.8. The van der Waals surface area contributed by atoms with Gasteiger partial charge in [-0.1, -0.05) is 36.4 Å². The number of benzene rings is 4. The second-order valence-electron chi connectivity index (χ2n) is 11.2. The summed E-state index contributed by atoms with van der Waals surface area (Å²) in [6.07, 6.45) is 0. The first kappa shape index (κ1) is 28.8. The van der Waals surface area contributed by atoms with E-state index in [1.165, 1.54) is 0 Å². The van der Waals surface area contributed by atoms with Crippen LogP contribution in [0.3, 0.4) is 0 Å². The molecule has 0 atom stereocenters. The largest absolute Gasteiger partial charge is 0.351 e. The monoisotopic (exact) mass is 585 g/mol. The third-order valence-electron chi connectivity index (χ3n) is 7.79. The molecule has 0 saturated carbocycles. The highest BCUT2D eigenvalue weighted by Crippen LogP contribution is 2.29. The van der Waals surface area contributed by atoms with Crippen LogP contribution in [-0.4, -0.2) is 82.3 Å². The highest BCUT2D eigenvalue weighted by atomic mass is 16.2. The molecule has 44 heavy (non-hydrogen) atoms. The summed E-state index contributed by atoms with van der Waals surface area (Å²) in [7, 11) is 5.75. The number of aromatic nitrogens is 4. The van der Waals surface area contributed by atoms with Crippen LogP contribution in [0.5, 0.6) is 0 Å². The van der Waals surface area contributed by atoms with Crippen molar-refractivity contribution in [3.63, 3.8) is 0 Å². The summed E-state index contributed by atoms with van der Waals surface area (Å²) < 4.78 is 0. The minimum absolute atomic E-state index is 0.00301. The number of carbonyl (C=O) groups is 2. The van der Waals surface area contributed by atoms with Crippen LogP contribution in [-0.2, 0) is 0 Å². The van der Waals surface area contributed by atoms with Gasteiger partial charge in [-0.15, -0.1) is 0 Å². The molecule has 9 heteroatoms. The van der Waals surface area contributed by atoms with Gasteiger partial charge in [0.1, 0.15) is 11.6 Å². The third-order valence-corrected chi connectivity index (χ3v) is 7.79. The summed E-state index contributed by atoms with van der Waals surface area (Å²) in [5.74, 6) is 1.42. The van der Waals surface area contributed by atoms with Crippen molar-refractivity contribution in [3.05, 3.63) is 96.1 Å². The number of fused-ring (bicyclic) bond motifs is 2. The number of hydrogen-bond acceptors (Lipinski definition) is 5. The van der Waals surface area contributed by atoms with Gasteiger partial charge >= 0.3 is 0 Å². The second kappa shape index (κ2) is 12.1. The molecule has 0 aliphatic carbocycles. The number of nitrogens with one attached hydrogen (secondary N) is 3. The second-order valence-corrected chi connectivity index (χ2v) is 11.2. The van der Waals surface area contributed by atoms with E-state index >= 15 is 0 Å². The Balaban J connectivity index is 1.20. The lowest BCUT2D eigenvalue weighted by molar-refractivity contribution is 0.0802. The maximum atomic E-state index is 12.5. The average molecular weight is 586 g/mol. The fourth-order valence-corrected chi connectivity index (χ4v) is 5.06.